The van der Waals surface area contributed by atoms with Gasteiger partial charge in [-0.1, -0.05) is 30.3 Å². The van der Waals surface area contributed by atoms with Crippen LogP contribution in [-0.2, 0) is 6.54 Å². The number of nitrogens with one attached hydrogen (secondary N) is 1. The van der Waals surface area contributed by atoms with E-state index in [1.807, 2.05) is 24.3 Å². The number of ether oxygens (including phenoxy) is 1. The summed E-state index contributed by atoms with van der Waals surface area (Å²) in [4.78, 5) is 12.2. The lowest BCUT2D eigenvalue weighted by Gasteiger charge is -2.11. The molecule has 5 heteroatoms. The highest BCUT2D eigenvalue weighted by atomic mass is 16.5. The number of nitriles is 1. The molecule has 0 aliphatic carbocycles. The van der Waals surface area contributed by atoms with E-state index in [-0.39, 0.29) is 25.7 Å². The van der Waals surface area contributed by atoms with E-state index in [0.717, 1.165) is 5.56 Å². The van der Waals surface area contributed by atoms with Gasteiger partial charge in [-0.05, 0) is 18.2 Å². The smallest absolute Gasteiger partial charge is 0.252 e. The van der Waals surface area contributed by atoms with Gasteiger partial charge in [-0.15, -0.1) is 0 Å². The van der Waals surface area contributed by atoms with Gasteiger partial charge in [0.05, 0.1) is 23.8 Å². The van der Waals surface area contributed by atoms with Crippen molar-refractivity contribution in [1.29, 1.82) is 5.26 Å². The van der Waals surface area contributed by atoms with Crippen LogP contribution in [0, 0.1) is 11.3 Å². The minimum Gasteiger partial charge on any atom is -0.491 e. The molecule has 2 aromatic carbocycles. The van der Waals surface area contributed by atoms with Gasteiger partial charge in [0.25, 0.3) is 5.91 Å². The molecule has 0 aliphatic heterocycles. The van der Waals surface area contributed by atoms with Crippen LogP contribution >= 0.6 is 0 Å². The van der Waals surface area contributed by atoms with Crippen LogP contribution in [0.25, 0.3) is 0 Å². The third-order valence-electron chi connectivity index (χ3n) is 3.05. The quantitative estimate of drug-likeness (QED) is 0.852. The molecule has 5 nitrogen and oxygen atoms in total. The largest absolute Gasteiger partial charge is 0.491 e. The van der Waals surface area contributed by atoms with E-state index in [0.29, 0.717) is 16.9 Å². The van der Waals surface area contributed by atoms with Crippen LogP contribution in [0.3, 0.4) is 0 Å². The molecule has 0 aliphatic rings. The Hall–Kier alpha value is -2.84. The minimum atomic E-state index is -0.311. The number of carbonyl (C=O) groups excluding carboxylic acids is 1. The van der Waals surface area contributed by atoms with Crippen molar-refractivity contribution >= 4 is 5.91 Å². The van der Waals surface area contributed by atoms with Gasteiger partial charge in [0.15, 0.2) is 0 Å². The Balaban J connectivity index is 2.07. The predicted octanol–water partition coefficient (Wildman–Crippen LogP) is 1.86. The molecule has 0 spiro atoms. The molecule has 112 valence electrons. The van der Waals surface area contributed by atoms with Crippen molar-refractivity contribution in [2.24, 2.45) is 0 Å². The maximum absolute atomic E-state index is 12.2. The first-order chi connectivity index (χ1) is 10.8. The zero-order chi connectivity index (χ0) is 15.8. The maximum Gasteiger partial charge on any atom is 0.252 e. The molecule has 0 saturated heterocycles. The number of benzene rings is 2. The molecule has 0 unspecified atom stereocenters. The first-order valence-electron chi connectivity index (χ1n) is 6.85. The summed E-state index contributed by atoms with van der Waals surface area (Å²) < 4.78 is 5.42. The Morgan fingerprint density at radius 1 is 1.18 bits per heavy atom. The molecular formula is C17H16N2O3. The van der Waals surface area contributed by atoms with Gasteiger partial charge in [0, 0.05) is 12.1 Å². The number of aliphatic hydroxyl groups is 1. The predicted molar refractivity (Wildman–Crippen MR) is 81.4 cm³/mol. The third kappa shape index (κ3) is 3.84. The van der Waals surface area contributed by atoms with Crippen molar-refractivity contribution in [3.05, 3.63) is 65.2 Å². The Morgan fingerprint density at radius 2 is 1.91 bits per heavy atom. The zero-order valence-electron chi connectivity index (χ0n) is 12.0. The summed E-state index contributed by atoms with van der Waals surface area (Å²) in [5.74, 6) is 0.305. The summed E-state index contributed by atoms with van der Waals surface area (Å²) >= 11 is 0. The second-order valence-electron chi connectivity index (χ2n) is 4.52. The van der Waals surface area contributed by atoms with E-state index in [1.54, 1.807) is 30.3 Å². The SMILES string of the molecule is N#Cc1ccccc1C(=O)NCc1ccccc1OCCO. The Kier molecular flexibility index (Phi) is 5.52. The molecule has 2 rings (SSSR count). The van der Waals surface area contributed by atoms with Crippen molar-refractivity contribution in [3.63, 3.8) is 0 Å². The fourth-order valence-corrected chi connectivity index (χ4v) is 2.00. The molecule has 2 aromatic rings. The van der Waals surface area contributed by atoms with Crippen molar-refractivity contribution in [3.8, 4) is 11.8 Å². The van der Waals surface area contributed by atoms with Crippen molar-refractivity contribution in [1.82, 2.24) is 5.32 Å². The van der Waals surface area contributed by atoms with Crippen LogP contribution in [-0.4, -0.2) is 24.2 Å². The van der Waals surface area contributed by atoms with Gasteiger partial charge >= 0.3 is 0 Å². The van der Waals surface area contributed by atoms with Crippen LogP contribution in [0.5, 0.6) is 5.75 Å². The average Bonchev–Trinajstić information content (AvgIpc) is 2.58. The molecule has 0 heterocycles. The number of aliphatic hydroxyl groups excluding tert-OH is 1. The van der Waals surface area contributed by atoms with Gasteiger partial charge < -0.3 is 15.2 Å². The van der Waals surface area contributed by atoms with E-state index >= 15 is 0 Å². The molecule has 0 saturated carbocycles. The van der Waals surface area contributed by atoms with E-state index < -0.39 is 0 Å². The molecule has 0 atom stereocenters. The first kappa shape index (κ1) is 15.5. The van der Waals surface area contributed by atoms with Crippen LogP contribution in [0.2, 0.25) is 0 Å². The Morgan fingerprint density at radius 3 is 2.68 bits per heavy atom. The molecular weight excluding hydrogens is 280 g/mol. The van der Waals surface area contributed by atoms with E-state index in [4.69, 9.17) is 15.1 Å². The summed E-state index contributed by atoms with van der Waals surface area (Å²) in [7, 11) is 0. The number of hydrogen-bond acceptors (Lipinski definition) is 4. The monoisotopic (exact) mass is 296 g/mol. The summed E-state index contributed by atoms with van der Waals surface area (Å²) in [5.41, 5.74) is 1.49. The summed E-state index contributed by atoms with van der Waals surface area (Å²) in [6.07, 6.45) is 0. The highest BCUT2D eigenvalue weighted by Gasteiger charge is 2.11. The van der Waals surface area contributed by atoms with Crippen molar-refractivity contribution < 1.29 is 14.6 Å². The summed E-state index contributed by atoms with van der Waals surface area (Å²) in [6.45, 7) is 0.401. The number of nitrogens with zero attached hydrogens (tertiary/aromatic N) is 1. The maximum atomic E-state index is 12.2. The number of hydrogen-bond donors (Lipinski definition) is 2. The number of amides is 1. The minimum absolute atomic E-state index is 0.0732. The zero-order valence-corrected chi connectivity index (χ0v) is 12.0. The first-order valence-corrected chi connectivity index (χ1v) is 6.85. The van der Waals surface area contributed by atoms with Gasteiger partial charge in [-0.25, -0.2) is 0 Å². The van der Waals surface area contributed by atoms with Gasteiger partial charge in [0.2, 0.25) is 0 Å². The molecule has 1 amide bonds. The Bertz CT molecular complexity index is 692. The van der Waals surface area contributed by atoms with Crippen molar-refractivity contribution in [2.45, 2.75) is 6.54 Å². The van der Waals surface area contributed by atoms with Crippen LogP contribution in [0.15, 0.2) is 48.5 Å². The summed E-state index contributed by atoms with van der Waals surface area (Å²) in [5, 5.41) is 20.6. The molecule has 22 heavy (non-hydrogen) atoms. The third-order valence-corrected chi connectivity index (χ3v) is 3.05. The van der Waals surface area contributed by atoms with Gasteiger partial charge in [-0.3, -0.25) is 4.79 Å². The van der Waals surface area contributed by atoms with Crippen LogP contribution in [0.4, 0.5) is 0 Å². The fourth-order valence-electron chi connectivity index (χ4n) is 2.00. The molecule has 0 fully saturated rings. The highest BCUT2D eigenvalue weighted by Crippen LogP contribution is 2.18. The highest BCUT2D eigenvalue weighted by molar-refractivity contribution is 5.96. The van der Waals surface area contributed by atoms with E-state index in [1.165, 1.54) is 0 Å². The fraction of sp³-hybridized carbons (Fsp3) is 0.176. The van der Waals surface area contributed by atoms with Crippen LogP contribution < -0.4 is 10.1 Å². The second kappa shape index (κ2) is 7.81. The molecule has 2 N–H and O–H groups in total. The second-order valence-corrected chi connectivity index (χ2v) is 4.52. The van der Waals surface area contributed by atoms with E-state index in [9.17, 15) is 4.79 Å². The number of rotatable bonds is 6. The molecule has 0 bridgehead atoms. The van der Waals surface area contributed by atoms with E-state index in [2.05, 4.69) is 5.32 Å². The summed E-state index contributed by atoms with van der Waals surface area (Å²) in [6, 6.07) is 15.9. The van der Waals surface area contributed by atoms with Crippen molar-refractivity contribution in [2.75, 3.05) is 13.2 Å². The molecule has 0 radical (unpaired) electrons. The normalized spacial score (nSPS) is 9.82. The lowest BCUT2D eigenvalue weighted by molar-refractivity contribution is 0.0950. The topological polar surface area (TPSA) is 82.4 Å². The number of carbonyl (C=O) groups is 1. The lowest BCUT2D eigenvalue weighted by Crippen LogP contribution is -2.24. The lowest BCUT2D eigenvalue weighted by atomic mass is 10.1. The van der Waals surface area contributed by atoms with Crippen LogP contribution in [0.1, 0.15) is 21.5 Å². The number of para-hydroxylation sites is 1. The average molecular weight is 296 g/mol. The Labute approximate surface area is 128 Å². The van der Waals surface area contributed by atoms with Gasteiger partial charge in [0.1, 0.15) is 12.4 Å². The van der Waals surface area contributed by atoms with Gasteiger partial charge in [-0.2, -0.15) is 5.26 Å². The molecule has 0 aromatic heterocycles. The standard InChI is InChI=1S/C17H16N2O3/c18-11-13-5-1-3-7-15(13)17(21)19-12-14-6-2-4-8-16(14)22-10-9-20/h1-8,20H,9-10,12H2,(H,19,21).